The minimum absolute atomic E-state index is 0. The van der Waals surface area contributed by atoms with Gasteiger partial charge in [-0.15, -0.1) is 0 Å². The molecule has 0 atom stereocenters. The summed E-state index contributed by atoms with van der Waals surface area (Å²) in [4.78, 5) is 13.2. The summed E-state index contributed by atoms with van der Waals surface area (Å²) in [5, 5.41) is 2.87. The van der Waals surface area contributed by atoms with E-state index in [0.717, 1.165) is 18.9 Å². The first kappa shape index (κ1) is 16.4. The number of nitrogens with one attached hydrogen (secondary N) is 1. The van der Waals surface area contributed by atoms with Crippen molar-refractivity contribution >= 4 is 5.91 Å². The lowest BCUT2D eigenvalue weighted by Crippen LogP contribution is -2.39. The molecule has 0 saturated carbocycles. The molecule has 1 aliphatic heterocycles. The number of carbonyl (C=O) groups excluding carboxylic acids is 1. The van der Waals surface area contributed by atoms with Gasteiger partial charge in [-0.05, 0) is 52.1 Å². The minimum atomic E-state index is 0. The van der Waals surface area contributed by atoms with Gasteiger partial charge < -0.3 is 10.2 Å². The predicted octanol–water partition coefficient (Wildman–Crippen LogP) is 2.91. The van der Waals surface area contributed by atoms with Crippen LogP contribution in [0, 0.1) is 5.92 Å². The van der Waals surface area contributed by atoms with Gasteiger partial charge >= 0.3 is 0 Å². The number of carbonyl (C=O) groups is 1. The van der Waals surface area contributed by atoms with E-state index < -0.39 is 0 Å². The summed E-state index contributed by atoms with van der Waals surface area (Å²) in [5.74, 6) is 0.904. The fourth-order valence-corrected chi connectivity index (χ4v) is 2.21. The van der Waals surface area contributed by atoms with Crippen LogP contribution >= 0.6 is 0 Å². The van der Waals surface area contributed by atoms with Gasteiger partial charge in [0.15, 0.2) is 0 Å². The van der Waals surface area contributed by atoms with Crippen LogP contribution in [0.2, 0.25) is 0 Å². The maximum Gasteiger partial charge on any atom is 0.216 e. The van der Waals surface area contributed by atoms with Gasteiger partial charge in [0, 0.05) is 20.9 Å². The highest BCUT2D eigenvalue weighted by atomic mass is 16.1. The number of nitrogens with zero attached hydrogens (tertiary/aromatic N) is 1. The first-order valence-electron chi connectivity index (χ1n) is 7.08. The average Bonchev–Trinajstić information content (AvgIpc) is 2.32. The normalized spacial score (nSPS) is 17.5. The molecule has 1 fully saturated rings. The van der Waals surface area contributed by atoms with Crippen molar-refractivity contribution in [1.82, 2.24) is 10.2 Å². The third-order valence-electron chi connectivity index (χ3n) is 3.31. The Kier molecular flexibility index (Phi) is 9.14. The fraction of sp³-hybridized carbons (Fsp3) is 0.929. The first-order valence-corrected chi connectivity index (χ1v) is 7.08. The SMILES string of the molecule is CC.CC(=O)NCCC1CCN(C(C)C)CC1.[HH]. The highest BCUT2D eigenvalue weighted by Crippen LogP contribution is 2.21. The molecule has 3 nitrogen and oxygen atoms in total. The van der Waals surface area contributed by atoms with Gasteiger partial charge in [-0.1, -0.05) is 13.8 Å². The number of likely N-dealkylation sites (tertiary alicyclic amines) is 1. The number of piperidine rings is 1. The topological polar surface area (TPSA) is 32.3 Å². The summed E-state index contributed by atoms with van der Waals surface area (Å²) in [7, 11) is 0. The monoisotopic (exact) mass is 244 g/mol. The van der Waals surface area contributed by atoms with Crippen molar-refractivity contribution < 1.29 is 6.22 Å². The van der Waals surface area contributed by atoms with E-state index >= 15 is 0 Å². The highest BCUT2D eigenvalue weighted by Gasteiger charge is 2.20. The molecule has 0 radical (unpaired) electrons. The Morgan fingerprint density at radius 3 is 2.29 bits per heavy atom. The lowest BCUT2D eigenvalue weighted by molar-refractivity contribution is -0.119. The second kappa shape index (κ2) is 9.46. The molecule has 0 aliphatic carbocycles. The zero-order chi connectivity index (χ0) is 13.3. The van der Waals surface area contributed by atoms with Crippen LogP contribution in [0.4, 0.5) is 0 Å². The molecule has 0 bridgehead atoms. The van der Waals surface area contributed by atoms with E-state index in [1.165, 1.54) is 25.9 Å². The van der Waals surface area contributed by atoms with E-state index in [-0.39, 0.29) is 7.33 Å². The summed E-state index contributed by atoms with van der Waals surface area (Å²) < 4.78 is 0. The molecule has 1 aliphatic rings. The molecule has 104 valence electrons. The Morgan fingerprint density at radius 1 is 1.35 bits per heavy atom. The predicted molar refractivity (Wildman–Crippen MR) is 76.2 cm³/mol. The highest BCUT2D eigenvalue weighted by molar-refractivity contribution is 5.72. The van der Waals surface area contributed by atoms with Crippen molar-refractivity contribution in [3.63, 3.8) is 0 Å². The van der Waals surface area contributed by atoms with Crippen LogP contribution in [0.1, 0.15) is 55.3 Å². The van der Waals surface area contributed by atoms with Gasteiger partial charge in [0.05, 0.1) is 0 Å². The second-order valence-electron chi connectivity index (χ2n) is 4.84. The van der Waals surface area contributed by atoms with Crippen molar-refractivity contribution in [1.29, 1.82) is 0 Å². The van der Waals surface area contributed by atoms with Crippen LogP contribution in [0.5, 0.6) is 0 Å². The molecule has 0 aromatic carbocycles. The van der Waals surface area contributed by atoms with E-state index in [0.29, 0.717) is 6.04 Å². The van der Waals surface area contributed by atoms with Crippen LogP contribution in [0.15, 0.2) is 0 Å². The number of amides is 1. The number of hydrogen-bond donors (Lipinski definition) is 1. The molecule has 0 unspecified atom stereocenters. The Bertz CT molecular complexity index is 202. The zero-order valence-corrected chi connectivity index (χ0v) is 12.3. The Balaban J connectivity index is 0. The second-order valence-corrected chi connectivity index (χ2v) is 4.84. The molecule has 1 amide bonds. The number of hydrogen-bond acceptors (Lipinski definition) is 2. The molecule has 17 heavy (non-hydrogen) atoms. The van der Waals surface area contributed by atoms with Crippen LogP contribution < -0.4 is 5.32 Å². The van der Waals surface area contributed by atoms with Crippen molar-refractivity contribution in [2.45, 2.75) is 59.9 Å². The lowest BCUT2D eigenvalue weighted by Gasteiger charge is -2.34. The van der Waals surface area contributed by atoms with Gasteiger partial charge in [0.1, 0.15) is 0 Å². The van der Waals surface area contributed by atoms with Crippen LogP contribution in [-0.2, 0) is 4.79 Å². The van der Waals surface area contributed by atoms with Crippen molar-refractivity contribution in [2.75, 3.05) is 19.6 Å². The summed E-state index contributed by atoms with van der Waals surface area (Å²) in [6.45, 7) is 13.4. The smallest absolute Gasteiger partial charge is 0.216 e. The zero-order valence-electron chi connectivity index (χ0n) is 12.3. The molecule has 0 spiro atoms. The largest absolute Gasteiger partial charge is 0.356 e. The van der Waals surface area contributed by atoms with E-state index in [9.17, 15) is 4.79 Å². The average molecular weight is 244 g/mol. The molecular weight excluding hydrogens is 212 g/mol. The Hall–Kier alpha value is -0.570. The Morgan fingerprint density at radius 2 is 1.88 bits per heavy atom. The van der Waals surface area contributed by atoms with E-state index in [1.54, 1.807) is 6.92 Å². The van der Waals surface area contributed by atoms with E-state index in [2.05, 4.69) is 24.1 Å². The lowest BCUT2D eigenvalue weighted by atomic mass is 9.93. The Labute approximate surface area is 108 Å². The quantitative estimate of drug-likeness (QED) is 0.824. The van der Waals surface area contributed by atoms with E-state index in [1.807, 2.05) is 13.8 Å². The molecule has 1 N–H and O–H groups in total. The summed E-state index contributed by atoms with van der Waals surface area (Å²) in [6, 6.07) is 0.682. The molecule has 1 saturated heterocycles. The first-order chi connectivity index (χ1) is 8.09. The molecule has 1 heterocycles. The third-order valence-corrected chi connectivity index (χ3v) is 3.31. The molecule has 0 aromatic heterocycles. The van der Waals surface area contributed by atoms with Gasteiger partial charge in [-0.25, -0.2) is 0 Å². The van der Waals surface area contributed by atoms with Crippen LogP contribution in [0.25, 0.3) is 0 Å². The molecule has 3 heteroatoms. The third kappa shape index (κ3) is 7.37. The van der Waals surface area contributed by atoms with Gasteiger partial charge in [-0.2, -0.15) is 0 Å². The van der Waals surface area contributed by atoms with Crippen molar-refractivity contribution in [2.24, 2.45) is 5.92 Å². The molecular formula is C14H32N2O. The summed E-state index contributed by atoms with van der Waals surface area (Å²) in [6.07, 6.45) is 3.72. The van der Waals surface area contributed by atoms with Crippen LogP contribution in [-0.4, -0.2) is 36.5 Å². The van der Waals surface area contributed by atoms with Crippen molar-refractivity contribution in [3.8, 4) is 0 Å². The maximum atomic E-state index is 10.7. The van der Waals surface area contributed by atoms with Gasteiger partial charge in [0.25, 0.3) is 0 Å². The number of rotatable bonds is 4. The van der Waals surface area contributed by atoms with Crippen LogP contribution in [0.3, 0.4) is 0 Å². The van der Waals surface area contributed by atoms with Crippen molar-refractivity contribution in [3.05, 3.63) is 0 Å². The van der Waals surface area contributed by atoms with Gasteiger partial charge in [-0.3, -0.25) is 4.79 Å². The molecule has 1 rings (SSSR count). The van der Waals surface area contributed by atoms with E-state index in [4.69, 9.17) is 0 Å². The maximum absolute atomic E-state index is 10.7. The molecule has 0 aromatic rings. The summed E-state index contributed by atoms with van der Waals surface area (Å²) in [5.41, 5.74) is 0. The fourth-order valence-electron chi connectivity index (χ4n) is 2.21. The minimum Gasteiger partial charge on any atom is -0.356 e. The van der Waals surface area contributed by atoms with Gasteiger partial charge in [0.2, 0.25) is 5.91 Å². The standard InChI is InChI=1S/C12H24N2O.C2H6.H2/c1-10(2)14-8-5-12(6-9-14)4-7-13-11(3)15;1-2;/h10,12H,4-9H2,1-3H3,(H,13,15);1-2H3;1H. The summed E-state index contributed by atoms with van der Waals surface area (Å²) >= 11 is 0.